The van der Waals surface area contributed by atoms with Crippen LogP contribution in [0.1, 0.15) is 45.1 Å². The molecular weight excluding hydrogens is 382 g/mol. The second kappa shape index (κ2) is 8.50. The van der Waals surface area contributed by atoms with Gasteiger partial charge in [-0.25, -0.2) is 4.79 Å². The molecule has 0 spiro atoms. The van der Waals surface area contributed by atoms with Gasteiger partial charge in [-0.2, -0.15) is 0 Å². The average Bonchev–Trinajstić information content (AvgIpc) is 3.45. The molecule has 160 valence electrons. The lowest BCUT2D eigenvalue weighted by atomic mass is 10.1. The molecule has 1 saturated carbocycles. The van der Waals surface area contributed by atoms with E-state index in [-0.39, 0.29) is 12.1 Å². The highest BCUT2D eigenvalue weighted by Crippen LogP contribution is 2.47. The van der Waals surface area contributed by atoms with Gasteiger partial charge in [-0.3, -0.25) is 9.97 Å². The highest BCUT2D eigenvalue weighted by Gasteiger charge is 2.39. The molecule has 4 rings (SSSR count). The van der Waals surface area contributed by atoms with Crippen molar-refractivity contribution in [1.29, 1.82) is 0 Å². The van der Waals surface area contributed by atoms with Gasteiger partial charge in [-0.15, -0.1) is 0 Å². The monoisotopic (exact) mass is 411 g/mol. The molecule has 1 aliphatic heterocycles. The van der Waals surface area contributed by atoms with E-state index in [1.807, 2.05) is 39.1 Å². The van der Waals surface area contributed by atoms with Crippen LogP contribution in [-0.2, 0) is 4.74 Å². The van der Waals surface area contributed by atoms with Gasteiger partial charge >= 0.3 is 6.09 Å². The topological polar surface area (TPSA) is 73.8 Å². The second-order valence-electron chi connectivity index (χ2n) is 8.98. The average molecular weight is 412 g/mol. The van der Waals surface area contributed by atoms with Crippen LogP contribution in [0.5, 0.6) is 11.5 Å². The Morgan fingerprint density at radius 3 is 2.63 bits per heavy atom. The molecular formula is C23H29N3O4. The minimum absolute atomic E-state index is 0.0464. The maximum atomic E-state index is 12.2. The Morgan fingerprint density at radius 1 is 1.13 bits per heavy atom. The Balaban J connectivity index is 1.25. The number of amides is 1. The summed E-state index contributed by atoms with van der Waals surface area (Å²) in [6, 6.07) is 5.89. The lowest BCUT2D eigenvalue weighted by Crippen LogP contribution is -2.55. The van der Waals surface area contributed by atoms with E-state index in [1.54, 1.807) is 23.5 Å². The minimum Gasteiger partial charge on any atom is -0.492 e. The third-order valence-corrected chi connectivity index (χ3v) is 5.40. The maximum absolute atomic E-state index is 12.2. The van der Waals surface area contributed by atoms with Crippen molar-refractivity contribution < 1.29 is 19.0 Å². The zero-order valence-corrected chi connectivity index (χ0v) is 17.8. The van der Waals surface area contributed by atoms with Gasteiger partial charge in [0.05, 0.1) is 25.0 Å². The number of nitrogens with zero attached hydrogens (tertiary/aromatic N) is 3. The van der Waals surface area contributed by atoms with Gasteiger partial charge in [0.2, 0.25) is 0 Å². The Hall–Kier alpha value is -2.83. The van der Waals surface area contributed by atoms with Crippen LogP contribution in [0.3, 0.4) is 0 Å². The molecule has 1 saturated heterocycles. The molecule has 2 fully saturated rings. The van der Waals surface area contributed by atoms with Crippen LogP contribution in [0.15, 0.2) is 43.0 Å². The first-order valence-corrected chi connectivity index (χ1v) is 10.5. The third-order valence-electron chi connectivity index (χ3n) is 5.40. The van der Waals surface area contributed by atoms with Gasteiger partial charge in [-0.05, 0) is 63.3 Å². The van der Waals surface area contributed by atoms with E-state index in [2.05, 4.69) is 16.0 Å². The number of ether oxygens (including phenoxy) is 3. The zero-order chi connectivity index (χ0) is 21.1. The number of hydrogen-bond acceptors (Lipinski definition) is 6. The minimum atomic E-state index is -0.488. The quantitative estimate of drug-likeness (QED) is 0.684. The van der Waals surface area contributed by atoms with Crippen molar-refractivity contribution in [1.82, 2.24) is 14.9 Å². The summed E-state index contributed by atoms with van der Waals surface area (Å²) in [6.07, 6.45) is 8.82. The molecule has 0 N–H and O–H groups in total. The molecule has 0 aromatic carbocycles. The predicted molar refractivity (Wildman–Crippen MR) is 112 cm³/mol. The summed E-state index contributed by atoms with van der Waals surface area (Å²) in [6.45, 7) is 7.46. The van der Waals surface area contributed by atoms with Crippen molar-refractivity contribution in [3.8, 4) is 11.5 Å². The lowest BCUT2D eigenvalue weighted by molar-refractivity contribution is -0.0141. The van der Waals surface area contributed by atoms with E-state index in [1.165, 1.54) is 5.56 Å². The van der Waals surface area contributed by atoms with E-state index in [9.17, 15) is 4.79 Å². The summed E-state index contributed by atoms with van der Waals surface area (Å²) in [7, 11) is 0. The van der Waals surface area contributed by atoms with Crippen molar-refractivity contribution in [2.24, 2.45) is 5.92 Å². The van der Waals surface area contributed by atoms with Crippen molar-refractivity contribution in [3.05, 3.63) is 48.5 Å². The highest BCUT2D eigenvalue weighted by molar-refractivity contribution is 5.69. The van der Waals surface area contributed by atoms with E-state index >= 15 is 0 Å². The molecule has 2 aliphatic rings. The number of carbonyl (C=O) groups excluding carboxylic acids is 1. The SMILES string of the molecule is CC(C)(C)OC(=O)N1CCC1COc1cncc([C@H]2C[C@@H]2COc2cccnc2)c1. The molecule has 1 amide bonds. The van der Waals surface area contributed by atoms with Crippen molar-refractivity contribution in [3.63, 3.8) is 0 Å². The van der Waals surface area contributed by atoms with E-state index in [0.29, 0.717) is 31.6 Å². The summed E-state index contributed by atoms with van der Waals surface area (Å²) >= 11 is 0. The van der Waals surface area contributed by atoms with E-state index < -0.39 is 5.60 Å². The van der Waals surface area contributed by atoms with Crippen molar-refractivity contribution in [2.45, 2.75) is 51.2 Å². The first-order chi connectivity index (χ1) is 14.4. The molecule has 2 aromatic heterocycles. The van der Waals surface area contributed by atoms with Gasteiger partial charge in [0, 0.05) is 24.9 Å². The number of aromatic nitrogens is 2. The molecule has 1 unspecified atom stereocenters. The predicted octanol–water partition coefficient (Wildman–Crippen LogP) is 4.05. The smallest absolute Gasteiger partial charge is 0.410 e. The largest absolute Gasteiger partial charge is 0.492 e. The van der Waals surface area contributed by atoms with Gasteiger partial charge in [0.15, 0.2) is 0 Å². The molecule has 7 nitrogen and oxygen atoms in total. The maximum Gasteiger partial charge on any atom is 0.410 e. The van der Waals surface area contributed by atoms with Crippen LogP contribution < -0.4 is 9.47 Å². The Morgan fingerprint density at radius 2 is 1.93 bits per heavy atom. The molecule has 3 heterocycles. The van der Waals surface area contributed by atoms with Crippen molar-refractivity contribution >= 4 is 6.09 Å². The Labute approximate surface area is 177 Å². The number of carbonyl (C=O) groups is 1. The molecule has 30 heavy (non-hydrogen) atoms. The molecule has 3 atom stereocenters. The van der Waals surface area contributed by atoms with Crippen molar-refractivity contribution in [2.75, 3.05) is 19.8 Å². The normalized spacial score (nSPS) is 22.8. The third kappa shape index (κ3) is 5.20. The van der Waals surface area contributed by atoms with E-state index in [0.717, 1.165) is 24.3 Å². The summed E-state index contributed by atoms with van der Waals surface area (Å²) in [4.78, 5) is 22.4. The van der Waals surface area contributed by atoms with E-state index in [4.69, 9.17) is 14.2 Å². The lowest BCUT2D eigenvalue weighted by Gasteiger charge is -2.40. The first-order valence-electron chi connectivity index (χ1n) is 10.5. The number of rotatable bonds is 7. The Kier molecular flexibility index (Phi) is 5.79. The van der Waals surface area contributed by atoms with Crippen LogP contribution in [0.25, 0.3) is 0 Å². The summed E-state index contributed by atoms with van der Waals surface area (Å²) in [5.74, 6) is 2.46. The number of hydrogen-bond donors (Lipinski definition) is 0. The standard InChI is InChI=1S/C23H29N3O4/c1-23(2,3)30-22(27)26-8-6-18(26)15-29-20-9-16(11-25-13-20)21-10-17(21)14-28-19-5-4-7-24-12-19/h4-5,7,9,11-13,17-18,21H,6,8,10,14-15H2,1-3H3/t17-,18?,21-/m1/s1. The summed E-state index contributed by atoms with van der Waals surface area (Å²) < 4.78 is 17.2. The first kappa shape index (κ1) is 20.4. The summed E-state index contributed by atoms with van der Waals surface area (Å²) in [5, 5.41) is 0. The van der Waals surface area contributed by atoms with Crippen LogP contribution in [0, 0.1) is 5.92 Å². The number of pyridine rings is 2. The van der Waals surface area contributed by atoms with Crippen LogP contribution in [-0.4, -0.2) is 52.4 Å². The second-order valence-corrected chi connectivity index (χ2v) is 8.98. The van der Waals surface area contributed by atoms with Gasteiger partial charge in [0.1, 0.15) is 23.7 Å². The number of likely N-dealkylation sites (tertiary alicyclic amines) is 1. The fourth-order valence-corrected chi connectivity index (χ4v) is 3.56. The van der Waals surface area contributed by atoms with Gasteiger partial charge in [0.25, 0.3) is 0 Å². The van der Waals surface area contributed by atoms with Gasteiger partial charge in [-0.1, -0.05) is 0 Å². The van der Waals surface area contributed by atoms with Crippen LogP contribution in [0.2, 0.25) is 0 Å². The zero-order valence-electron chi connectivity index (χ0n) is 17.8. The van der Waals surface area contributed by atoms with Gasteiger partial charge < -0.3 is 19.1 Å². The fraction of sp³-hybridized carbons (Fsp3) is 0.522. The van der Waals surface area contributed by atoms with Crippen LogP contribution in [0.4, 0.5) is 4.79 Å². The van der Waals surface area contributed by atoms with Crippen LogP contribution >= 0.6 is 0 Å². The highest BCUT2D eigenvalue weighted by atomic mass is 16.6. The molecule has 0 bridgehead atoms. The Bertz CT molecular complexity index is 868. The molecule has 2 aromatic rings. The fourth-order valence-electron chi connectivity index (χ4n) is 3.56. The molecule has 7 heteroatoms. The summed E-state index contributed by atoms with van der Waals surface area (Å²) in [5.41, 5.74) is 0.683. The molecule has 1 aliphatic carbocycles. The molecule has 0 radical (unpaired) electrons.